The van der Waals surface area contributed by atoms with Gasteiger partial charge in [-0.2, -0.15) is 0 Å². The van der Waals surface area contributed by atoms with E-state index in [0.717, 1.165) is 22.5 Å². The molecule has 0 fully saturated rings. The van der Waals surface area contributed by atoms with Crippen molar-refractivity contribution in [2.75, 3.05) is 0 Å². The summed E-state index contributed by atoms with van der Waals surface area (Å²) in [5.41, 5.74) is 4.24. The van der Waals surface area contributed by atoms with Crippen molar-refractivity contribution < 1.29 is 20.1 Å². The smallest absolute Gasteiger partial charge is 0.0160 e. The SMILES string of the molecule is [CH3][Ge]([CH3])([CH3])[c]1cccc2c1[se]c1c(-c3[c-]cccc3)nccc12.[Ir].[c-]1ccccc1-c1ccccn1. The molecule has 0 saturated heterocycles. The van der Waals surface area contributed by atoms with Crippen LogP contribution >= 0.6 is 0 Å². The zero-order chi connectivity index (χ0) is 24.3. The fourth-order valence-electron chi connectivity index (χ4n) is 4.12. The van der Waals surface area contributed by atoms with Gasteiger partial charge >= 0.3 is 146 Å². The average molecular weight is 770 g/mol. The third kappa shape index (κ3) is 5.80. The van der Waals surface area contributed by atoms with Crippen LogP contribution < -0.4 is 4.40 Å². The quantitative estimate of drug-likeness (QED) is 0.143. The van der Waals surface area contributed by atoms with Crippen molar-refractivity contribution in [3.63, 3.8) is 0 Å². The second-order valence-electron chi connectivity index (χ2n) is 9.34. The van der Waals surface area contributed by atoms with Crippen LogP contribution in [0.25, 0.3) is 41.8 Å². The summed E-state index contributed by atoms with van der Waals surface area (Å²) in [7, 11) is 0. The van der Waals surface area contributed by atoms with Crippen molar-refractivity contribution in [3.8, 4) is 22.5 Å². The Morgan fingerprint density at radius 2 is 1.33 bits per heavy atom. The van der Waals surface area contributed by atoms with E-state index in [-0.39, 0.29) is 20.1 Å². The second kappa shape index (κ2) is 11.8. The molecule has 0 amide bonds. The predicted octanol–water partition coefficient (Wildman–Crippen LogP) is 7.00. The van der Waals surface area contributed by atoms with Crippen LogP contribution in [-0.4, -0.2) is 37.7 Å². The summed E-state index contributed by atoms with van der Waals surface area (Å²) in [5, 5.41) is 2.83. The fraction of sp³-hybridized carbons (Fsp3) is 0.0968. The third-order valence-electron chi connectivity index (χ3n) is 5.84. The molecule has 0 spiro atoms. The zero-order valence-corrected chi connectivity index (χ0v) is 26.7. The Labute approximate surface area is 235 Å². The number of hydrogen-bond acceptors (Lipinski definition) is 2. The van der Waals surface area contributed by atoms with Crippen molar-refractivity contribution in [3.05, 3.63) is 116 Å². The molecule has 0 aliphatic heterocycles. The van der Waals surface area contributed by atoms with Crippen molar-refractivity contribution in [1.29, 1.82) is 0 Å². The molecule has 181 valence electrons. The van der Waals surface area contributed by atoms with Crippen LogP contribution in [-0.2, 0) is 20.1 Å². The molecule has 0 N–H and O–H groups in total. The number of rotatable bonds is 3. The van der Waals surface area contributed by atoms with Crippen LogP contribution in [0.4, 0.5) is 0 Å². The van der Waals surface area contributed by atoms with Gasteiger partial charge in [-0.15, -0.1) is 35.9 Å². The molecule has 3 heterocycles. The van der Waals surface area contributed by atoms with Crippen molar-refractivity contribution >= 4 is 51.5 Å². The van der Waals surface area contributed by atoms with Crippen LogP contribution in [0.3, 0.4) is 0 Å². The van der Waals surface area contributed by atoms with E-state index in [0.29, 0.717) is 14.5 Å². The summed E-state index contributed by atoms with van der Waals surface area (Å²) in [6.45, 7) is 0. The first-order valence-corrected chi connectivity index (χ1v) is 20.7. The Hall–Kier alpha value is -2.33. The maximum atomic E-state index is 4.70. The van der Waals surface area contributed by atoms with E-state index in [1.807, 2.05) is 60.8 Å². The van der Waals surface area contributed by atoms with Gasteiger partial charge in [-0.05, 0) is 11.8 Å². The van der Waals surface area contributed by atoms with Crippen LogP contribution in [0.15, 0.2) is 103 Å². The molecule has 3 aromatic heterocycles. The Balaban J connectivity index is 0.000000198. The van der Waals surface area contributed by atoms with Gasteiger partial charge in [0, 0.05) is 26.3 Å². The number of aromatic nitrogens is 2. The summed E-state index contributed by atoms with van der Waals surface area (Å²) in [4.78, 5) is 8.91. The molecule has 2 nitrogen and oxygen atoms in total. The first-order valence-electron chi connectivity index (χ1n) is 11.7. The summed E-state index contributed by atoms with van der Waals surface area (Å²) in [6, 6.07) is 37.4. The molecule has 0 unspecified atom stereocenters. The van der Waals surface area contributed by atoms with Crippen LogP contribution in [0.2, 0.25) is 17.3 Å². The Kier molecular flexibility index (Phi) is 8.77. The molecule has 5 heteroatoms. The number of fused-ring (bicyclic) bond motifs is 3. The van der Waals surface area contributed by atoms with E-state index in [1.54, 1.807) is 14.9 Å². The van der Waals surface area contributed by atoms with Crippen LogP contribution in [0, 0.1) is 12.1 Å². The van der Waals surface area contributed by atoms with Gasteiger partial charge in [0.25, 0.3) is 0 Å². The van der Waals surface area contributed by atoms with E-state index in [2.05, 4.69) is 70.8 Å². The van der Waals surface area contributed by atoms with Gasteiger partial charge < -0.3 is 4.98 Å². The zero-order valence-electron chi connectivity index (χ0n) is 20.5. The summed E-state index contributed by atoms with van der Waals surface area (Å²) in [5.74, 6) is 7.45. The van der Waals surface area contributed by atoms with Crippen LogP contribution in [0.1, 0.15) is 0 Å². The number of hydrogen-bond donors (Lipinski definition) is 0. The summed E-state index contributed by atoms with van der Waals surface area (Å²) in [6.07, 6.45) is 3.74. The standard InChI is InChI=1S/C20H18GeNSe.C11H8N.Ir/c1-21(2,3)17-11-7-10-15-16-12-13-22-18(20(16)23-19(15)17)14-8-5-4-6-9-14;1-2-6-10(7-3-1)11-8-4-5-9-12-11;/h4-8,10-13H,1-3H3;1-6,8-9H;/q2*-1;. The van der Waals surface area contributed by atoms with E-state index < -0.39 is 13.3 Å². The molecule has 36 heavy (non-hydrogen) atoms. The van der Waals surface area contributed by atoms with Crippen molar-refractivity contribution in [2.24, 2.45) is 0 Å². The van der Waals surface area contributed by atoms with E-state index in [9.17, 15) is 0 Å². The topological polar surface area (TPSA) is 25.8 Å². The first-order chi connectivity index (χ1) is 17.0. The normalized spacial score (nSPS) is 11.0. The monoisotopic (exact) mass is 773 g/mol. The minimum absolute atomic E-state index is 0. The van der Waals surface area contributed by atoms with Gasteiger partial charge in [0.1, 0.15) is 0 Å². The number of benzene rings is 3. The van der Waals surface area contributed by atoms with Crippen molar-refractivity contribution in [1.82, 2.24) is 9.97 Å². The van der Waals surface area contributed by atoms with Gasteiger partial charge in [-0.25, -0.2) is 0 Å². The van der Waals surface area contributed by atoms with Crippen molar-refractivity contribution in [2.45, 2.75) is 17.3 Å². The number of pyridine rings is 2. The van der Waals surface area contributed by atoms with Gasteiger partial charge in [-0.1, -0.05) is 12.1 Å². The molecule has 0 bridgehead atoms. The minimum Gasteiger partial charge on any atom is -0.305 e. The molecule has 0 aliphatic carbocycles. The number of nitrogens with zero attached hydrogens (tertiary/aromatic N) is 2. The molecule has 0 saturated carbocycles. The maximum Gasteiger partial charge on any atom is 0.0160 e. The van der Waals surface area contributed by atoms with Gasteiger partial charge in [0.15, 0.2) is 0 Å². The third-order valence-corrected chi connectivity index (χ3v) is 13.6. The van der Waals surface area contributed by atoms with Gasteiger partial charge in [-0.3, -0.25) is 0 Å². The van der Waals surface area contributed by atoms with Crippen LogP contribution in [0.5, 0.6) is 0 Å². The molecule has 6 rings (SSSR count). The Morgan fingerprint density at radius 3 is 1.97 bits per heavy atom. The first kappa shape index (κ1) is 26.7. The largest absolute Gasteiger partial charge is 0.305 e. The molecule has 0 atom stereocenters. The average Bonchev–Trinajstić information content (AvgIpc) is 3.29. The van der Waals surface area contributed by atoms with E-state index in [1.165, 1.54) is 15.0 Å². The molecule has 6 aromatic rings. The van der Waals surface area contributed by atoms with Gasteiger partial charge in [0.05, 0.1) is 0 Å². The van der Waals surface area contributed by atoms with E-state index in [4.69, 9.17) is 4.98 Å². The van der Waals surface area contributed by atoms with Gasteiger partial charge in [0.2, 0.25) is 0 Å². The fourth-order valence-corrected chi connectivity index (χ4v) is 13.5. The Bertz CT molecular complexity index is 1520. The molecule has 0 aliphatic rings. The molecule has 3 aromatic carbocycles. The second-order valence-corrected chi connectivity index (χ2v) is 22.1. The maximum absolute atomic E-state index is 4.70. The van der Waals surface area contributed by atoms with E-state index >= 15 is 0 Å². The molecular weight excluding hydrogens is 744 g/mol. The summed E-state index contributed by atoms with van der Waals surface area (Å²) >= 11 is -1.53. The predicted molar refractivity (Wildman–Crippen MR) is 152 cm³/mol. The minimum atomic E-state index is -1.87. The summed E-state index contributed by atoms with van der Waals surface area (Å²) < 4.78 is 4.69. The molecule has 1 radical (unpaired) electrons. The Morgan fingerprint density at radius 1 is 0.639 bits per heavy atom. The molecular formula is C31H26GeIrN2Se-2.